The average Bonchev–Trinajstić information content (AvgIpc) is 2.99. The van der Waals surface area contributed by atoms with Gasteiger partial charge in [-0.05, 0) is 12.1 Å². The van der Waals surface area contributed by atoms with Gasteiger partial charge in [0.2, 0.25) is 17.6 Å². The van der Waals surface area contributed by atoms with Crippen LogP contribution in [0.15, 0.2) is 29.4 Å². The number of hydrogen-bond donors (Lipinski definition) is 1. The summed E-state index contributed by atoms with van der Waals surface area (Å²) < 4.78 is 77.6. The van der Waals surface area contributed by atoms with Crippen LogP contribution in [0.5, 0.6) is 0 Å². The molecule has 0 atom stereocenters. The lowest BCUT2D eigenvalue weighted by Gasteiger charge is -2.18. The van der Waals surface area contributed by atoms with Gasteiger partial charge in [0.25, 0.3) is 0 Å². The molecule has 0 spiro atoms. The van der Waals surface area contributed by atoms with Gasteiger partial charge in [0.05, 0.1) is 23.5 Å². The fourth-order valence-corrected chi connectivity index (χ4v) is 3.11. The van der Waals surface area contributed by atoms with Crippen LogP contribution >= 0.6 is 11.8 Å². The van der Waals surface area contributed by atoms with Crippen LogP contribution in [0.3, 0.4) is 0 Å². The van der Waals surface area contributed by atoms with E-state index in [1.807, 2.05) is 0 Å². The highest BCUT2D eigenvalue weighted by atomic mass is 32.2. The van der Waals surface area contributed by atoms with E-state index in [4.69, 9.17) is 0 Å². The molecule has 1 N–H and O–H groups in total. The van der Waals surface area contributed by atoms with Crippen LogP contribution in [0.4, 0.5) is 32.0 Å². The van der Waals surface area contributed by atoms with E-state index in [9.17, 15) is 35.9 Å². The minimum atomic E-state index is -4.70. The van der Waals surface area contributed by atoms with Crippen molar-refractivity contribution in [2.24, 2.45) is 7.05 Å². The molecular weight excluding hydrogens is 440 g/mol. The molecule has 0 radical (unpaired) electrons. The molecule has 0 unspecified atom stereocenters. The van der Waals surface area contributed by atoms with E-state index in [1.165, 1.54) is 19.2 Å². The van der Waals surface area contributed by atoms with E-state index in [2.05, 4.69) is 15.5 Å². The fourth-order valence-electron chi connectivity index (χ4n) is 2.26. The molecular formula is C16H15F6N5O2S. The summed E-state index contributed by atoms with van der Waals surface area (Å²) in [6.07, 6.45) is -9.38. The molecule has 14 heteroatoms. The van der Waals surface area contributed by atoms with Gasteiger partial charge in [0.15, 0.2) is 5.16 Å². The van der Waals surface area contributed by atoms with Crippen LogP contribution in [0.1, 0.15) is 11.4 Å². The van der Waals surface area contributed by atoms with Crippen molar-refractivity contribution in [2.45, 2.75) is 17.5 Å². The predicted molar refractivity (Wildman–Crippen MR) is 94.4 cm³/mol. The lowest BCUT2D eigenvalue weighted by atomic mass is 10.1. The lowest BCUT2D eigenvalue weighted by molar-refractivity contribution is -0.147. The van der Waals surface area contributed by atoms with Crippen molar-refractivity contribution in [1.82, 2.24) is 19.7 Å². The first-order valence-electron chi connectivity index (χ1n) is 8.10. The summed E-state index contributed by atoms with van der Waals surface area (Å²) >= 11 is 0.675. The van der Waals surface area contributed by atoms with E-state index in [0.717, 1.165) is 24.1 Å². The number of aromatic nitrogens is 3. The van der Waals surface area contributed by atoms with Crippen LogP contribution in [-0.2, 0) is 29.0 Å². The molecule has 0 aliphatic carbocycles. The van der Waals surface area contributed by atoms with Crippen LogP contribution in [-0.4, -0.2) is 50.8 Å². The van der Waals surface area contributed by atoms with E-state index < -0.39 is 47.8 Å². The number of nitrogens with one attached hydrogen (secondary N) is 1. The Morgan fingerprint density at radius 3 is 2.30 bits per heavy atom. The first-order valence-corrected chi connectivity index (χ1v) is 9.08. The third kappa shape index (κ3) is 5.87. The van der Waals surface area contributed by atoms with Gasteiger partial charge < -0.3 is 14.8 Å². The molecule has 0 bridgehead atoms. The normalized spacial score (nSPS) is 12.0. The maximum absolute atomic E-state index is 13.0. The van der Waals surface area contributed by atoms with Crippen molar-refractivity contribution in [3.05, 3.63) is 35.7 Å². The molecule has 0 saturated heterocycles. The Hall–Kier alpha value is -2.77. The van der Waals surface area contributed by atoms with E-state index >= 15 is 0 Å². The molecule has 2 amide bonds. The highest BCUT2D eigenvalue weighted by molar-refractivity contribution is 7.99. The molecule has 0 saturated carbocycles. The SMILES string of the molecule is CN(CC(=O)Nc1ccccc1C(F)(F)F)C(=O)CSc1nnc(C(F)(F)F)n1C. The zero-order valence-corrected chi connectivity index (χ0v) is 16.3. The summed E-state index contributed by atoms with van der Waals surface area (Å²) in [5.74, 6) is -3.10. The monoisotopic (exact) mass is 455 g/mol. The Morgan fingerprint density at radius 1 is 1.10 bits per heavy atom. The number of para-hydroxylation sites is 1. The number of halogens is 6. The number of benzene rings is 1. The van der Waals surface area contributed by atoms with Crippen molar-refractivity contribution in [1.29, 1.82) is 0 Å². The Morgan fingerprint density at radius 2 is 1.73 bits per heavy atom. The third-order valence-electron chi connectivity index (χ3n) is 3.73. The second-order valence-corrected chi connectivity index (χ2v) is 6.94. The Bertz CT molecular complexity index is 928. The predicted octanol–water partition coefficient (Wildman–Crippen LogP) is 3.04. The minimum Gasteiger partial charge on any atom is -0.336 e. The number of likely N-dealkylation sites (N-methyl/N-ethyl adjacent to an activating group) is 1. The van der Waals surface area contributed by atoms with Gasteiger partial charge in [-0.1, -0.05) is 23.9 Å². The number of carbonyl (C=O) groups excluding carboxylic acids is 2. The number of amides is 2. The standard InChI is InChI=1S/C16H15F6N5O2S/c1-26(7-11(28)23-10-6-4-3-5-9(10)15(17,18)19)12(29)8-30-14-25-24-13(27(14)2)16(20,21)22/h3-6H,7-8H2,1-2H3,(H,23,28). The van der Waals surface area contributed by atoms with Crippen LogP contribution in [0.25, 0.3) is 0 Å². The first-order chi connectivity index (χ1) is 13.8. The fraction of sp³-hybridized carbons (Fsp3) is 0.375. The summed E-state index contributed by atoms with van der Waals surface area (Å²) in [6, 6.07) is 4.36. The molecule has 1 heterocycles. The molecule has 2 rings (SSSR count). The van der Waals surface area contributed by atoms with Crippen molar-refractivity contribution in [2.75, 3.05) is 24.7 Å². The number of anilines is 1. The molecule has 1 aromatic heterocycles. The molecule has 2 aromatic rings. The van der Waals surface area contributed by atoms with Gasteiger partial charge in [-0.2, -0.15) is 26.3 Å². The van der Waals surface area contributed by atoms with Gasteiger partial charge >= 0.3 is 12.4 Å². The lowest BCUT2D eigenvalue weighted by Crippen LogP contribution is -2.36. The molecule has 0 aliphatic rings. The topological polar surface area (TPSA) is 80.1 Å². The zero-order valence-electron chi connectivity index (χ0n) is 15.5. The van der Waals surface area contributed by atoms with Gasteiger partial charge in [0.1, 0.15) is 0 Å². The first kappa shape index (κ1) is 23.5. The van der Waals surface area contributed by atoms with Gasteiger partial charge in [0, 0.05) is 14.1 Å². The van der Waals surface area contributed by atoms with Crippen molar-refractivity contribution in [3.8, 4) is 0 Å². The minimum absolute atomic E-state index is 0.160. The summed E-state index contributed by atoms with van der Waals surface area (Å²) in [7, 11) is 2.32. The Labute approximate surface area is 170 Å². The maximum atomic E-state index is 13.0. The van der Waals surface area contributed by atoms with Gasteiger partial charge in [-0.15, -0.1) is 10.2 Å². The number of nitrogens with zero attached hydrogens (tertiary/aromatic N) is 4. The molecule has 0 fully saturated rings. The summed E-state index contributed by atoms with van der Waals surface area (Å²) in [6.45, 7) is -0.557. The van der Waals surface area contributed by atoms with Crippen LogP contribution in [0.2, 0.25) is 0 Å². The molecule has 164 valence electrons. The van der Waals surface area contributed by atoms with E-state index in [0.29, 0.717) is 16.3 Å². The van der Waals surface area contributed by atoms with Crippen LogP contribution in [0, 0.1) is 0 Å². The summed E-state index contributed by atoms with van der Waals surface area (Å²) in [4.78, 5) is 25.1. The van der Waals surface area contributed by atoms with Gasteiger partial charge in [-0.3, -0.25) is 9.59 Å². The van der Waals surface area contributed by atoms with Gasteiger partial charge in [-0.25, -0.2) is 0 Å². The number of alkyl halides is 6. The smallest absolute Gasteiger partial charge is 0.336 e. The van der Waals surface area contributed by atoms with E-state index in [1.54, 1.807) is 0 Å². The van der Waals surface area contributed by atoms with Crippen LogP contribution < -0.4 is 5.32 Å². The van der Waals surface area contributed by atoms with Crippen molar-refractivity contribution in [3.63, 3.8) is 0 Å². The largest absolute Gasteiger partial charge is 0.451 e. The Balaban J connectivity index is 1.94. The Kier molecular flexibility index (Phi) is 7.00. The second-order valence-electron chi connectivity index (χ2n) is 5.99. The number of hydrogen-bond acceptors (Lipinski definition) is 5. The number of rotatable bonds is 6. The molecule has 7 nitrogen and oxygen atoms in total. The molecule has 1 aromatic carbocycles. The summed E-state index contributed by atoms with van der Waals surface area (Å²) in [5, 5.41) is 8.32. The zero-order chi connectivity index (χ0) is 22.7. The second kappa shape index (κ2) is 8.93. The molecule has 30 heavy (non-hydrogen) atoms. The summed E-state index contributed by atoms with van der Waals surface area (Å²) in [5.41, 5.74) is -1.49. The van der Waals surface area contributed by atoms with Crippen molar-refractivity contribution < 1.29 is 35.9 Å². The number of thioether (sulfide) groups is 1. The van der Waals surface area contributed by atoms with Crippen molar-refractivity contribution >= 4 is 29.3 Å². The third-order valence-corrected chi connectivity index (χ3v) is 4.73. The number of carbonyl (C=O) groups is 2. The molecule has 0 aliphatic heterocycles. The average molecular weight is 455 g/mol. The quantitative estimate of drug-likeness (QED) is 0.535. The highest BCUT2D eigenvalue weighted by Crippen LogP contribution is 2.34. The highest BCUT2D eigenvalue weighted by Gasteiger charge is 2.37. The maximum Gasteiger partial charge on any atom is 0.451 e. The van der Waals surface area contributed by atoms with E-state index in [-0.39, 0.29) is 10.9 Å².